The van der Waals surface area contributed by atoms with Crippen molar-refractivity contribution in [2.45, 2.75) is 32.2 Å². The molecule has 0 atom stereocenters. The predicted molar refractivity (Wildman–Crippen MR) is 98.9 cm³/mol. The lowest BCUT2D eigenvalue weighted by Gasteiger charge is -2.20. The number of rotatable bonds is 5. The van der Waals surface area contributed by atoms with Gasteiger partial charge in [-0.1, -0.05) is 25.0 Å². The lowest BCUT2D eigenvalue weighted by molar-refractivity contribution is 0.0756. The van der Waals surface area contributed by atoms with Crippen LogP contribution in [0.2, 0.25) is 0 Å². The highest BCUT2D eigenvalue weighted by Crippen LogP contribution is 2.16. The van der Waals surface area contributed by atoms with E-state index in [4.69, 9.17) is 4.74 Å². The zero-order chi connectivity index (χ0) is 17.5. The van der Waals surface area contributed by atoms with Gasteiger partial charge in [0.25, 0.3) is 5.91 Å². The lowest BCUT2D eigenvalue weighted by atomic mass is 10.2. The summed E-state index contributed by atoms with van der Waals surface area (Å²) in [6.07, 6.45) is 6.28. The highest BCUT2D eigenvalue weighted by Gasteiger charge is 2.18. The van der Waals surface area contributed by atoms with Gasteiger partial charge in [-0.15, -0.1) is 0 Å². The molecule has 132 valence electrons. The van der Waals surface area contributed by atoms with Crippen molar-refractivity contribution in [3.05, 3.63) is 53.9 Å². The van der Waals surface area contributed by atoms with Gasteiger partial charge in [0.15, 0.2) is 0 Å². The smallest absolute Gasteiger partial charge is 0.272 e. The average Bonchev–Trinajstić information content (AvgIpc) is 2.96. The Hall–Kier alpha value is -2.56. The first-order valence-electron chi connectivity index (χ1n) is 8.88. The molecular formula is C20H25N3O2. The van der Waals surface area contributed by atoms with Crippen molar-refractivity contribution >= 4 is 11.6 Å². The summed E-state index contributed by atoms with van der Waals surface area (Å²) in [6.45, 7) is 2.36. The van der Waals surface area contributed by atoms with Gasteiger partial charge in [0.05, 0.1) is 7.11 Å². The number of methoxy groups -OCH3 is 1. The molecule has 1 saturated heterocycles. The maximum Gasteiger partial charge on any atom is 0.272 e. The molecule has 5 heteroatoms. The molecule has 1 aromatic carbocycles. The summed E-state index contributed by atoms with van der Waals surface area (Å²) in [6, 6.07) is 11.7. The van der Waals surface area contributed by atoms with Gasteiger partial charge in [0, 0.05) is 31.5 Å². The number of pyridine rings is 1. The van der Waals surface area contributed by atoms with Crippen LogP contribution in [0.5, 0.6) is 5.75 Å². The van der Waals surface area contributed by atoms with E-state index < -0.39 is 0 Å². The first-order valence-corrected chi connectivity index (χ1v) is 8.88. The van der Waals surface area contributed by atoms with Gasteiger partial charge in [0.2, 0.25) is 0 Å². The minimum Gasteiger partial charge on any atom is -0.497 e. The summed E-state index contributed by atoms with van der Waals surface area (Å²) in [5.41, 5.74) is 2.57. The van der Waals surface area contributed by atoms with Crippen LogP contribution < -0.4 is 10.1 Å². The van der Waals surface area contributed by atoms with Crippen molar-refractivity contribution in [1.82, 2.24) is 9.88 Å². The summed E-state index contributed by atoms with van der Waals surface area (Å²) >= 11 is 0. The number of ether oxygens (including phenoxy) is 1. The van der Waals surface area contributed by atoms with Crippen molar-refractivity contribution in [3.8, 4) is 5.75 Å². The van der Waals surface area contributed by atoms with Gasteiger partial charge in [-0.05, 0) is 42.7 Å². The van der Waals surface area contributed by atoms with Gasteiger partial charge in [-0.25, -0.2) is 0 Å². The van der Waals surface area contributed by atoms with Gasteiger partial charge in [-0.3, -0.25) is 9.78 Å². The van der Waals surface area contributed by atoms with E-state index >= 15 is 0 Å². The number of likely N-dealkylation sites (tertiary alicyclic amines) is 1. The Morgan fingerprint density at radius 3 is 2.52 bits per heavy atom. The first kappa shape index (κ1) is 17.3. The van der Waals surface area contributed by atoms with E-state index in [-0.39, 0.29) is 5.91 Å². The Bertz CT molecular complexity index is 692. The second kappa shape index (κ2) is 8.51. The van der Waals surface area contributed by atoms with E-state index in [2.05, 4.69) is 10.3 Å². The van der Waals surface area contributed by atoms with Crippen molar-refractivity contribution in [1.29, 1.82) is 0 Å². The third kappa shape index (κ3) is 4.72. The summed E-state index contributed by atoms with van der Waals surface area (Å²) < 4.78 is 5.17. The molecule has 0 spiro atoms. The number of hydrogen-bond donors (Lipinski definition) is 1. The van der Waals surface area contributed by atoms with Crippen molar-refractivity contribution in [3.63, 3.8) is 0 Å². The zero-order valence-corrected chi connectivity index (χ0v) is 14.7. The molecule has 5 nitrogen and oxygen atoms in total. The van der Waals surface area contributed by atoms with Crippen LogP contribution >= 0.6 is 0 Å². The monoisotopic (exact) mass is 339 g/mol. The molecule has 25 heavy (non-hydrogen) atoms. The van der Waals surface area contributed by atoms with E-state index in [9.17, 15) is 4.79 Å². The summed E-state index contributed by atoms with van der Waals surface area (Å²) in [5, 5.41) is 3.36. The van der Waals surface area contributed by atoms with Gasteiger partial charge >= 0.3 is 0 Å². The number of benzene rings is 1. The Morgan fingerprint density at radius 1 is 1.12 bits per heavy atom. The molecule has 0 saturated carbocycles. The molecule has 1 fully saturated rings. The van der Waals surface area contributed by atoms with Crippen molar-refractivity contribution in [2.24, 2.45) is 0 Å². The Morgan fingerprint density at radius 2 is 1.84 bits per heavy atom. The van der Waals surface area contributed by atoms with Crippen LogP contribution in [-0.2, 0) is 6.54 Å². The van der Waals surface area contributed by atoms with Crippen molar-refractivity contribution in [2.75, 3.05) is 25.5 Å². The standard InChI is InChI=1S/C20H25N3O2/c1-25-18-8-6-16(7-9-18)15-22-17-10-11-21-19(14-17)20(24)23-12-4-2-3-5-13-23/h6-11,14H,2-5,12-13,15H2,1H3,(H,21,22). The number of amides is 1. The molecular weight excluding hydrogens is 314 g/mol. The molecule has 2 aromatic rings. The van der Waals surface area contributed by atoms with Gasteiger partial charge in [-0.2, -0.15) is 0 Å². The molecule has 1 aliphatic heterocycles. The highest BCUT2D eigenvalue weighted by atomic mass is 16.5. The van der Waals surface area contributed by atoms with E-state index in [1.807, 2.05) is 41.3 Å². The second-order valence-electron chi connectivity index (χ2n) is 6.34. The van der Waals surface area contributed by atoms with Crippen LogP contribution in [-0.4, -0.2) is 36.0 Å². The molecule has 0 unspecified atom stereocenters. The Balaban J connectivity index is 1.63. The van der Waals surface area contributed by atoms with E-state index in [1.54, 1.807) is 13.3 Å². The van der Waals surface area contributed by atoms with Gasteiger partial charge < -0.3 is 15.0 Å². The molecule has 1 amide bonds. The van der Waals surface area contributed by atoms with Gasteiger partial charge in [0.1, 0.15) is 11.4 Å². The SMILES string of the molecule is COc1ccc(CNc2ccnc(C(=O)N3CCCCCC3)c2)cc1. The van der Waals surface area contributed by atoms with Crippen LogP contribution in [0, 0.1) is 0 Å². The van der Waals surface area contributed by atoms with E-state index in [0.717, 1.165) is 42.9 Å². The number of carbonyl (C=O) groups is 1. The number of aromatic nitrogens is 1. The Labute approximate surface area is 149 Å². The molecule has 0 radical (unpaired) electrons. The Kier molecular flexibility index (Phi) is 5.88. The zero-order valence-electron chi connectivity index (χ0n) is 14.7. The maximum atomic E-state index is 12.7. The van der Waals surface area contributed by atoms with Crippen LogP contribution in [0.25, 0.3) is 0 Å². The normalized spacial score (nSPS) is 14.7. The third-order valence-electron chi connectivity index (χ3n) is 4.53. The van der Waals surface area contributed by atoms with Crippen LogP contribution in [0.3, 0.4) is 0 Å². The lowest BCUT2D eigenvalue weighted by Crippen LogP contribution is -2.32. The van der Waals surface area contributed by atoms with E-state index in [1.165, 1.54) is 12.8 Å². The summed E-state index contributed by atoms with van der Waals surface area (Å²) in [7, 11) is 1.66. The van der Waals surface area contributed by atoms with E-state index in [0.29, 0.717) is 12.2 Å². The third-order valence-corrected chi connectivity index (χ3v) is 4.53. The summed E-state index contributed by atoms with van der Waals surface area (Å²) in [4.78, 5) is 18.9. The van der Waals surface area contributed by atoms with Crippen LogP contribution in [0.4, 0.5) is 5.69 Å². The minimum absolute atomic E-state index is 0.0370. The first-order chi connectivity index (χ1) is 12.3. The number of nitrogens with one attached hydrogen (secondary N) is 1. The highest BCUT2D eigenvalue weighted by molar-refractivity contribution is 5.93. The fourth-order valence-corrected chi connectivity index (χ4v) is 3.04. The largest absolute Gasteiger partial charge is 0.497 e. The van der Waals surface area contributed by atoms with Crippen molar-refractivity contribution < 1.29 is 9.53 Å². The molecule has 1 aliphatic rings. The molecule has 0 aliphatic carbocycles. The quantitative estimate of drug-likeness (QED) is 0.902. The molecule has 0 bridgehead atoms. The summed E-state index contributed by atoms with van der Waals surface area (Å²) in [5.74, 6) is 0.882. The molecule has 2 heterocycles. The van der Waals surface area contributed by atoms with Crippen LogP contribution in [0.1, 0.15) is 41.7 Å². The minimum atomic E-state index is 0.0370. The topological polar surface area (TPSA) is 54.5 Å². The number of anilines is 1. The maximum absolute atomic E-state index is 12.7. The molecule has 3 rings (SSSR count). The molecule has 1 N–H and O–H groups in total. The average molecular weight is 339 g/mol. The number of carbonyl (C=O) groups excluding carboxylic acids is 1. The fraction of sp³-hybridized carbons (Fsp3) is 0.400. The molecule has 1 aromatic heterocycles. The number of hydrogen-bond acceptors (Lipinski definition) is 4. The predicted octanol–water partition coefficient (Wildman–Crippen LogP) is 3.72. The van der Waals surface area contributed by atoms with Crippen LogP contribution in [0.15, 0.2) is 42.6 Å². The number of nitrogens with zero attached hydrogens (tertiary/aromatic N) is 2. The fourth-order valence-electron chi connectivity index (χ4n) is 3.04. The second-order valence-corrected chi connectivity index (χ2v) is 6.34.